The Morgan fingerprint density at radius 2 is 1.85 bits per heavy atom. The summed E-state index contributed by atoms with van der Waals surface area (Å²) >= 11 is 11.9. The second-order valence-electron chi connectivity index (χ2n) is 5.89. The summed E-state index contributed by atoms with van der Waals surface area (Å²) in [4.78, 5) is 12.3. The van der Waals surface area contributed by atoms with E-state index in [-0.39, 0.29) is 5.91 Å². The quantitative estimate of drug-likeness (QED) is 0.638. The highest BCUT2D eigenvalue weighted by atomic mass is 35.5. The summed E-state index contributed by atoms with van der Waals surface area (Å²) in [5.41, 5.74) is 0.890. The maximum atomic E-state index is 12.3. The summed E-state index contributed by atoms with van der Waals surface area (Å²) in [5.74, 6) is 1.46. The number of ether oxygens (including phenoxy) is 3. The summed E-state index contributed by atoms with van der Waals surface area (Å²) in [5, 5.41) is 3.69. The highest BCUT2D eigenvalue weighted by Crippen LogP contribution is 2.29. The van der Waals surface area contributed by atoms with Gasteiger partial charge in [0, 0.05) is 11.6 Å². The third-order valence-electron chi connectivity index (χ3n) is 3.72. The number of amides is 1. The molecule has 0 heterocycles. The van der Waals surface area contributed by atoms with Gasteiger partial charge in [0.25, 0.3) is 5.91 Å². The molecule has 0 spiro atoms. The molecule has 0 aliphatic carbocycles. The molecule has 0 fully saturated rings. The molecule has 2 aromatic carbocycles. The van der Waals surface area contributed by atoms with Gasteiger partial charge in [-0.2, -0.15) is 0 Å². The number of hydrogen-bond donors (Lipinski definition) is 1. The van der Waals surface area contributed by atoms with E-state index in [2.05, 4.69) is 5.32 Å². The number of benzene rings is 2. The summed E-state index contributed by atoms with van der Waals surface area (Å²) in [6.45, 7) is 4.65. The molecule has 1 amide bonds. The van der Waals surface area contributed by atoms with Gasteiger partial charge in [-0.1, -0.05) is 36.2 Å². The molecule has 5 nitrogen and oxygen atoms in total. The van der Waals surface area contributed by atoms with Crippen LogP contribution in [0.1, 0.15) is 25.8 Å². The molecule has 1 atom stereocenters. The van der Waals surface area contributed by atoms with Gasteiger partial charge in [-0.25, -0.2) is 0 Å². The summed E-state index contributed by atoms with van der Waals surface area (Å²) in [6, 6.07) is 10.4. The molecular weight excluding hydrogens is 389 g/mol. The minimum atomic E-state index is -0.710. The molecule has 2 aromatic rings. The first-order valence-electron chi connectivity index (χ1n) is 8.63. The second kappa shape index (κ2) is 10.3. The Morgan fingerprint density at radius 3 is 2.52 bits per heavy atom. The molecule has 7 heteroatoms. The predicted molar refractivity (Wildman–Crippen MR) is 107 cm³/mol. The summed E-state index contributed by atoms with van der Waals surface area (Å²) < 4.78 is 16.6. The van der Waals surface area contributed by atoms with Crippen LogP contribution in [0.4, 0.5) is 0 Å². The van der Waals surface area contributed by atoms with Crippen LogP contribution in [0.3, 0.4) is 0 Å². The van der Waals surface area contributed by atoms with E-state index in [0.717, 1.165) is 12.0 Å². The number of hydrogen-bond acceptors (Lipinski definition) is 4. The average molecular weight is 412 g/mol. The average Bonchev–Trinajstić information content (AvgIpc) is 2.66. The number of nitrogens with one attached hydrogen (secondary N) is 1. The number of methoxy groups -OCH3 is 1. The van der Waals surface area contributed by atoms with Gasteiger partial charge < -0.3 is 19.5 Å². The first kappa shape index (κ1) is 21.2. The van der Waals surface area contributed by atoms with Crippen molar-refractivity contribution in [3.8, 4) is 17.2 Å². The number of halogens is 2. The first-order valence-corrected chi connectivity index (χ1v) is 9.39. The Bertz CT molecular complexity index is 783. The van der Waals surface area contributed by atoms with Crippen molar-refractivity contribution in [3.63, 3.8) is 0 Å². The lowest BCUT2D eigenvalue weighted by Crippen LogP contribution is -2.35. The molecule has 0 aliphatic rings. The van der Waals surface area contributed by atoms with Crippen LogP contribution in [0.5, 0.6) is 17.2 Å². The van der Waals surface area contributed by atoms with Gasteiger partial charge in [0.2, 0.25) is 0 Å². The smallest absolute Gasteiger partial charge is 0.261 e. The fraction of sp³-hybridized carbons (Fsp3) is 0.350. The molecule has 0 radical (unpaired) electrons. The zero-order chi connectivity index (χ0) is 19.8. The van der Waals surface area contributed by atoms with Crippen molar-refractivity contribution < 1.29 is 19.0 Å². The van der Waals surface area contributed by atoms with Crippen LogP contribution in [0.2, 0.25) is 10.0 Å². The monoisotopic (exact) mass is 411 g/mol. The largest absolute Gasteiger partial charge is 0.493 e. The Labute approximate surface area is 169 Å². The second-order valence-corrected chi connectivity index (χ2v) is 6.73. The Kier molecular flexibility index (Phi) is 8.07. The van der Waals surface area contributed by atoms with Gasteiger partial charge in [-0.05, 0) is 49.2 Å². The predicted octanol–water partition coefficient (Wildman–Crippen LogP) is 4.87. The van der Waals surface area contributed by atoms with Crippen LogP contribution >= 0.6 is 23.2 Å². The molecule has 0 bridgehead atoms. The molecule has 0 aliphatic heterocycles. The van der Waals surface area contributed by atoms with E-state index >= 15 is 0 Å². The molecule has 0 saturated carbocycles. The third kappa shape index (κ3) is 6.22. The van der Waals surface area contributed by atoms with Crippen molar-refractivity contribution in [3.05, 3.63) is 52.0 Å². The molecule has 146 valence electrons. The van der Waals surface area contributed by atoms with E-state index in [9.17, 15) is 4.79 Å². The molecular formula is C20H23Cl2NO4. The highest BCUT2D eigenvalue weighted by molar-refractivity contribution is 6.35. The van der Waals surface area contributed by atoms with Crippen molar-refractivity contribution >= 4 is 29.1 Å². The molecule has 1 unspecified atom stereocenters. The van der Waals surface area contributed by atoms with Crippen LogP contribution in [-0.4, -0.2) is 25.7 Å². The zero-order valence-corrected chi connectivity index (χ0v) is 17.1. The van der Waals surface area contributed by atoms with Crippen LogP contribution < -0.4 is 19.5 Å². The van der Waals surface area contributed by atoms with Crippen LogP contribution in [-0.2, 0) is 11.3 Å². The zero-order valence-electron chi connectivity index (χ0n) is 15.6. The standard InChI is InChI=1S/C20H23Cl2NO4/c1-4-9-26-18-7-5-14(10-19(18)25-3)12-23-20(24)13(2)27-17-8-6-15(21)11-16(17)22/h5-8,10-11,13H,4,9,12H2,1-3H3,(H,23,24). The fourth-order valence-electron chi connectivity index (χ4n) is 2.30. The fourth-order valence-corrected chi connectivity index (χ4v) is 2.75. The summed E-state index contributed by atoms with van der Waals surface area (Å²) in [7, 11) is 1.59. The number of carbonyl (C=O) groups excluding carboxylic acids is 1. The lowest BCUT2D eigenvalue weighted by Gasteiger charge is -2.16. The van der Waals surface area contributed by atoms with Crippen molar-refractivity contribution in [2.75, 3.05) is 13.7 Å². The normalized spacial score (nSPS) is 11.6. The van der Waals surface area contributed by atoms with E-state index in [1.165, 1.54) is 0 Å². The van der Waals surface area contributed by atoms with E-state index < -0.39 is 6.10 Å². The third-order valence-corrected chi connectivity index (χ3v) is 4.25. The molecule has 1 N–H and O–H groups in total. The van der Waals surface area contributed by atoms with E-state index in [1.807, 2.05) is 25.1 Å². The molecule has 2 rings (SSSR count). The molecule has 0 saturated heterocycles. The van der Waals surface area contributed by atoms with Gasteiger partial charge in [0.05, 0.1) is 18.7 Å². The van der Waals surface area contributed by atoms with Crippen LogP contribution in [0, 0.1) is 0 Å². The maximum absolute atomic E-state index is 12.3. The van der Waals surface area contributed by atoms with Gasteiger partial charge >= 0.3 is 0 Å². The Hall–Kier alpha value is -2.11. The number of rotatable bonds is 9. The molecule has 27 heavy (non-hydrogen) atoms. The van der Waals surface area contributed by atoms with Crippen LogP contribution in [0.15, 0.2) is 36.4 Å². The maximum Gasteiger partial charge on any atom is 0.261 e. The van der Waals surface area contributed by atoms with E-state index in [1.54, 1.807) is 32.2 Å². The van der Waals surface area contributed by atoms with Gasteiger partial charge in [0.1, 0.15) is 5.75 Å². The van der Waals surface area contributed by atoms with Gasteiger partial charge in [0.15, 0.2) is 17.6 Å². The van der Waals surface area contributed by atoms with Crippen LogP contribution in [0.25, 0.3) is 0 Å². The van der Waals surface area contributed by atoms with Crippen molar-refractivity contribution in [2.24, 2.45) is 0 Å². The Balaban J connectivity index is 1.94. The molecule has 0 aromatic heterocycles. The van der Waals surface area contributed by atoms with E-state index in [0.29, 0.717) is 40.4 Å². The number of carbonyl (C=O) groups is 1. The SMILES string of the molecule is CCCOc1ccc(CNC(=O)C(C)Oc2ccc(Cl)cc2Cl)cc1OC. The first-order chi connectivity index (χ1) is 12.9. The van der Waals surface area contributed by atoms with E-state index in [4.69, 9.17) is 37.4 Å². The summed E-state index contributed by atoms with van der Waals surface area (Å²) in [6.07, 6.45) is 0.203. The minimum absolute atomic E-state index is 0.258. The Morgan fingerprint density at radius 1 is 1.11 bits per heavy atom. The minimum Gasteiger partial charge on any atom is -0.493 e. The lowest BCUT2D eigenvalue weighted by atomic mass is 10.2. The van der Waals surface area contributed by atoms with Crippen molar-refractivity contribution in [1.29, 1.82) is 0 Å². The lowest BCUT2D eigenvalue weighted by molar-refractivity contribution is -0.127. The van der Waals surface area contributed by atoms with Crippen molar-refractivity contribution in [1.82, 2.24) is 5.32 Å². The van der Waals surface area contributed by atoms with Crippen molar-refractivity contribution in [2.45, 2.75) is 32.9 Å². The van der Waals surface area contributed by atoms with Gasteiger partial charge in [-0.15, -0.1) is 0 Å². The van der Waals surface area contributed by atoms with Gasteiger partial charge in [-0.3, -0.25) is 4.79 Å². The highest BCUT2D eigenvalue weighted by Gasteiger charge is 2.16. The topological polar surface area (TPSA) is 56.8 Å².